The summed E-state index contributed by atoms with van der Waals surface area (Å²) >= 11 is 0. The van der Waals surface area contributed by atoms with Crippen molar-refractivity contribution in [2.24, 2.45) is 17.8 Å². The summed E-state index contributed by atoms with van der Waals surface area (Å²) in [5.74, 6) is 3.32. The Morgan fingerprint density at radius 3 is 2.17 bits per heavy atom. The molecule has 0 spiro atoms. The number of ether oxygens (including phenoxy) is 2. The van der Waals surface area contributed by atoms with E-state index in [9.17, 15) is 9.59 Å². The molecule has 0 unspecified atom stereocenters. The molecule has 4 aliphatic rings. The molecule has 3 N–H and O–H groups in total. The van der Waals surface area contributed by atoms with Crippen LogP contribution in [0.1, 0.15) is 52.4 Å². The number of nitrogens with one attached hydrogen (secondary N) is 3. The van der Waals surface area contributed by atoms with Crippen LogP contribution in [0.2, 0.25) is 0 Å². The number of anilines is 1. The number of amides is 3. The summed E-state index contributed by atoms with van der Waals surface area (Å²) in [5.41, 5.74) is 0.644. The molecule has 0 saturated heterocycles. The van der Waals surface area contributed by atoms with Crippen LogP contribution in [0.5, 0.6) is 11.5 Å². The van der Waals surface area contributed by atoms with Crippen molar-refractivity contribution in [1.82, 2.24) is 10.6 Å². The number of carbonyl (C=O) groups is 2. The Morgan fingerprint density at radius 1 is 0.967 bits per heavy atom. The van der Waals surface area contributed by atoms with Crippen molar-refractivity contribution in [2.75, 3.05) is 25.1 Å². The number of hydrogen-bond donors (Lipinski definition) is 3. The van der Waals surface area contributed by atoms with Crippen LogP contribution in [0.4, 0.5) is 10.5 Å². The minimum Gasteiger partial charge on any atom is -0.490 e. The standard InChI is InChI=1S/C23H33N3O4/c1-3-29-19-6-5-18(10-20(19)30-4-2)25-22(28)26-21(27)14-24-23-11-15-7-16(12-23)9-17(8-15)13-23/h5-6,10,15-17,24H,3-4,7-9,11-14H2,1-2H3,(H2,25,26,27,28). The van der Waals surface area contributed by atoms with Crippen LogP contribution in [0.15, 0.2) is 18.2 Å². The molecule has 0 heterocycles. The van der Waals surface area contributed by atoms with Gasteiger partial charge in [-0.1, -0.05) is 0 Å². The number of carbonyl (C=O) groups excluding carboxylic acids is 2. The predicted molar refractivity (Wildman–Crippen MR) is 115 cm³/mol. The Bertz CT molecular complexity index is 759. The lowest BCUT2D eigenvalue weighted by molar-refractivity contribution is -0.120. The van der Waals surface area contributed by atoms with E-state index in [-0.39, 0.29) is 18.0 Å². The normalized spacial score (nSPS) is 28.8. The molecule has 0 radical (unpaired) electrons. The van der Waals surface area contributed by atoms with E-state index in [1.807, 2.05) is 13.8 Å². The quantitative estimate of drug-likeness (QED) is 0.603. The highest BCUT2D eigenvalue weighted by Gasteiger charge is 2.50. The van der Waals surface area contributed by atoms with Crippen molar-refractivity contribution in [3.05, 3.63) is 18.2 Å². The van der Waals surface area contributed by atoms with Gasteiger partial charge in [0.15, 0.2) is 11.5 Å². The smallest absolute Gasteiger partial charge is 0.325 e. The largest absolute Gasteiger partial charge is 0.490 e. The molecule has 7 heteroatoms. The van der Waals surface area contributed by atoms with E-state index in [4.69, 9.17) is 9.47 Å². The van der Waals surface area contributed by atoms with Gasteiger partial charge in [-0.2, -0.15) is 0 Å². The van der Waals surface area contributed by atoms with Gasteiger partial charge in [-0.25, -0.2) is 4.79 Å². The summed E-state index contributed by atoms with van der Waals surface area (Å²) in [6, 6.07) is 4.64. The number of urea groups is 1. The number of hydrogen-bond acceptors (Lipinski definition) is 5. The van der Waals surface area contributed by atoms with E-state index in [0.29, 0.717) is 30.4 Å². The zero-order chi connectivity index (χ0) is 21.1. The van der Waals surface area contributed by atoms with E-state index < -0.39 is 6.03 Å². The van der Waals surface area contributed by atoms with Gasteiger partial charge in [-0.05, 0) is 82.3 Å². The van der Waals surface area contributed by atoms with Crippen LogP contribution >= 0.6 is 0 Å². The third kappa shape index (κ3) is 4.72. The minimum atomic E-state index is -0.543. The topological polar surface area (TPSA) is 88.7 Å². The lowest BCUT2D eigenvalue weighted by atomic mass is 9.53. The highest BCUT2D eigenvalue weighted by Crippen LogP contribution is 2.55. The monoisotopic (exact) mass is 415 g/mol. The third-order valence-electron chi connectivity index (χ3n) is 6.72. The molecular weight excluding hydrogens is 382 g/mol. The predicted octanol–water partition coefficient (Wildman–Crippen LogP) is 3.69. The van der Waals surface area contributed by atoms with E-state index in [1.165, 1.54) is 38.5 Å². The Balaban J connectivity index is 1.28. The molecular formula is C23H33N3O4. The Morgan fingerprint density at radius 2 is 1.57 bits per heavy atom. The fourth-order valence-electron chi connectivity index (χ4n) is 6.06. The van der Waals surface area contributed by atoms with Crippen molar-refractivity contribution in [3.63, 3.8) is 0 Å². The molecule has 4 aliphatic carbocycles. The van der Waals surface area contributed by atoms with Gasteiger partial charge in [0.25, 0.3) is 0 Å². The second kappa shape index (κ2) is 8.84. The first kappa shape index (κ1) is 21.0. The molecule has 0 aromatic heterocycles. The minimum absolute atomic E-state index is 0.101. The fourth-order valence-corrected chi connectivity index (χ4v) is 6.06. The average molecular weight is 416 g/mol. The number of benzene rings is 1. The molecule has 5 rings (SSSR count). The van der Waals surface area contributed by atoms with Gasteiger partial charge < -0.3 is 20.1 Å². The highest BCUT2D eigenvalue weighted by atomic mass is 16.5. The Hall–Kier alpha value is -2.28. The second-order valence-electron chi connectivity index (χ2n) is 9.08. The summed E-state index contributed by atoms with van der Waals surface area (Å²) in [7, 11) is 0. The van der Waals surface area contributed by atoms with E-state index >= 15 is 0 Å². The van der Waals surface area contributed by atoms with E-state index in [1.54, 1.807) is 18.2 Å². The van der Waals surface area contributed by atoms with Gasteiger partial charge in [-0.15, -0.1) is 0 Å². The molecule has 1 aromatic rings. The van der Waals surface area contributed by atoms with Gasteiger partial charge >= 0.3 is 6.03 Å². The van der Waals surface area contributed by atoms with Gasteiger partial charge in [0.05, 0.1) is 19.8 Å². The molecule has 0 aliphatic heterocycles. The van der Waals surface area contributed by atoms with Crippen molar-refractivity contribution in [2.45, 2.75) is 57.9 Å². The summed E-state index contributed by atoms with van der Waals surface area (Å²) < 4.78 is 11.1. The van der Waals surface area contributed by atoms with Crippen molar-refractivity contribution in [3.8, 4) is 11.5 Å². The van der Waals surface area contributed by atoms with Crippen LogP contribution in [-0.2, 0) is 4.79 Å². The Labute approximate surface area is 178 Å². The number of imide groups is 1. The third-order valence-corrected chi connectivity index (χ3v) is 6.72. The van der Waals surface area contributed by atoms with Crippen LogP contribution in [0.25, 0.3) is 0 Å². The first-order valence-electron chi connectivity index (χ1n) is 11.2. The molecule has 4 fully saturated rings. The van der Waals surface area contributed by atoms with Gasteiger partial charge in [0.2, 0.25) is 5.91 Å². The SMILES string of the molecule is CCOc1ccc(NC(=O)NC(=O)CNC23CC4CC(CC(C4)C2)C3)cc1OCC. The van der Waals surface area contributed by atoms with Gasteiger partial charge in [0, 0.05) is 17.3 Å². The lowest BCUT2D eigenvalue weighted by Crippen LogP contribution is -2.60. The summed E-state index contributed by atoms with van der Waals surface area (Å²) in [5, 5.41) is 8.64. The van der Waals surface area contributed by atoms with Crippen molar-refractivity contribution >= 4 is 17.6 Å². The summed E-state index contributed by atoms with van der Waals surface area (Å²) in [4.78, 5) is 24.6. The zero-order valence-corrected chi connectivity index (χ0v) is 18.0. The van der Waals surface area contributed by atoms with Crippen LogP contribution in [-0.4, -0.2) is 37.2 Å². The molecule has 4 bridgehead atoms. The molecule has 7 nitrogen and oxygen atoms in total. The molecule has 0 atom stereocenters. The first-order chi connectivity index (χ1) is 14.5. The summed E-state index contributed by atoms with van der Waals surface area (Å²) in [6.07, 6.45) is 7.60. The van der Waals surface area contributed by atoms with Crippen LogP contribution in [0.3, 0.4) is 0 Å². The van der Waals surface area contributed by atoms with E-state index in [2.05, 4.69) is 16.0 Å². The van der Waals surface area contributed by atoms with Crippen LogP contribution in [0, 0.1) is 17.8 Å². The zero-order valence-electron chi connectivity index (χ0n) is 18.0. The maximum absolute atomic E-state index is 12.4. The van der Waals surface area contributed by atoms with Crippen molar-refractivity contribution in [1.29, 1.82) is 0 Å². The fraction of sp³-hybridized carbons (Fsp3) is 0.652. The van der Waals surface area contributed by atoms with E-state index in [0.717, 1.165) is 17.8 Å². The lowest BCUT2D eigenvalue weighted by Gasteiger charge is -2.57. The maximum atomic E-state index is 12.4. The number of rotatable bonds is 8. The highest BCUT2D eigenvalue weighted by molar-refractivity contribution is 6.01. The van der Waals surface area contributed by atoms with Gasteiger partial charge in [0.1, 0.15) is 0 Å². The molecule has 4 saturated carbocycles. The molecule has 3 amide bonds. The molecule has 1 aromatic carbocycles. The Kier molecular flexibility index (Phi) is 6.18. The maximum Gasteiger partial charge on any atom is 0.325 e. The molecule has 30 heavy (non-hydrogen) atoms. The average Bonchev–Trinajstić information content (AvgIpc) is 2.68. The van der Waals surface area contributed by atoms with Gasteiger partial charge in [-0.3, -0.25) is 10.1 Å². The van der Waals surface area contributed by atoms with Crippen LogP contribution < -0.4 is 25.4 Å². The molecule has 164 valence electrons. The first-order valence-corrected chi connectivity index (χ1v) is 11.2. The van der Waals surface area contributed by atoms with Crippen molar-refractivity contribution < 1.29 is 19.1 Å². The second-order valence-corrected chi connectivity index (χ2v) is 9.08. The summed E-state index contributed by atoms with van der Waals surface area (Å²) in [6.45, 7) is 4.98.